The summed E-state index contributed by atoms with van der Waals surface area (Å²) >= 11 is 0. The molecule has 4 heteroatoms. The maximum Gasteiger partial charge on any atom is 0.237 e. The molecule has 0 aromatic carbocycles. The van der Waals surface area contributed by atoms with Gasteiger partial charge in [0.05, 0.1) is 18.3 Å². The Kier molecular flexibility index (Phi) is 4.92. The Morgan fingerprint density at radius 3 is 2.88 bits per heavy atom. The van der Waals surface area contributed by atoms with Crippen molar-refractivity contribution in [3.05, 3.63) is 30.1 Å². The van der Waals surface area contributed by atoms with Crippen LogP contribution in [0.15, 0.2) is 24.4 Å². The molecule has 0 fully saturated rings. The minimum absolute atomic E-state index is 0.111. The summed E-state index contributed by atoms with van der Waals surface area (Å²) in [5.74, 6) is 0.0868. The molecule has 3 N–H and O–H groups in total. The quantitative estimate of drug-likeness (QED) is 0.781. The van der Waals surface area contributed by atoms with Crippen LogP contribution in [0.2, 0.25) is 0 Å². The number of nitrogens with one attached hydrogen (secondary N) is 1. The summed E-state index contributed by atoms with van der Waals surface area (Å²) < 4.78 is 0. The number of nitrogens with two attached hydrogens (primary N) is 1. The predicted molar refractivity (Wildman–Crippen MR) is 63.5 cm³/mol. The van der Waals surface area contributed by atoms with Gasteiger partial charge in [-0.15, -0.1) is 0 Å². The van der Waals surface area contributed by atoms with Crippen molar-refractivity contribution in [3.63, 3.8) is 0 Å². The number of carbonyl (C=O) groups is 1. The molecule has 0 saturated heterocycles. The first-order valence-corrected chi connectivity index (χ1v) is 5.58. The highest BCUT2D eigenvalue weighted by atomic mass is 16.2. The van der Waals surface area contributed by atoms with Crippen molar-refractivity contribution in [2.24, 2.45) is 11.7 Å². The predicted octanol–water partition coefficient (Wildman–Crippen LogP) is 1.07. The van der Waals surface area contributed by atoms with E-state index in [1.165, 1.54) is 0 Å². The molecular formula is C12H19N3O. The van der Waals surface area contributed by atoms with E-state index in [0.29, 0.717) is 6.54 Å². The van der Waals surface area contributed by atoms with Gasteiger partial charge in [-0.2, -0.15) is 0 Å². The maximum absolute atomic E-state index is 11.7. The lowest BCUT2D eigenvalue weighted by atomic mass is 9.99. The van der Waals surface area contributed by atoms with Crippen molar-refractivity contribution in [3.8, 4) is 0 Å². The number of rotatable bonds is 5. The van der Waals surface area contributed by atoms with Gasteiger partial charge < -0.3 is 11.1 Å². The normalized spacial score (nSPS) is 14.2. The summed E-state index contributed by atoms with van der Waals surface area (Å²) in [4.78, 5) is 15.8. The Morgan fingerprint density at radius 2 is 2.31 bits per heavy atom. The van der Waals surface area contributed by atoms with Gasteiger partial charge in [0.2, 0.25) is 5.91 Å². The molecule has 2 unspecified atom stereocenters. The third kappa shape index (κ3) is 3.62. The van der Waals surface area contributed by atoms with Gasteiger partial charge in [0.1, 0.15) is 0 Å². The number of carbonyl (C=O) groups excluding carboxylic acids is 1. The highest BCUT2D eigenvalue weighted by Gasteiger charge is 2.18. The molecule has 2 atom stereocenters. The molecule has 0 spiro atoms. The van der Waals surface area contributed by atoms with E-state index in [-0.39, 0.29) is 11.8 Å². The summed E-state index contributed by atoms with van der Waals surface area (Å²) in [6.45, 7) is 4.44. The van der Waals surface area contributed by atoms with E-state index >= 15 is 0 Å². The van der Waals surface area contributed by atoms with E-state index in [1.807, 2.05) is 32.0 Å². The van der Waals surface area contributed by atoms with Crippen LogP contribution >= 0.6 is 0 Å². The molecule has 1 aromatic heterocycles. The minimum Gasteiger partial charge on any atom is -0.349 e. The molecule has 1 rings (SSSR count). The van der Waals surface area contributed by atoms with Gasteiger partial charge in [0, 0.05) is 6.20 Å². The molecule has 0 aliphatic rings. The fourth-order valence-electron chi connectivity index (χ4n) is 1.31. The van der Waals surface area contributed by atoms with Crippen molar-refractivity contribution in [2.45, 2.75) is 32.9 Å². The zero-order valence-electron chi connectivity index (χ0n) is 9.81. The third-order valence-corrected chi connectivity index (χ3v) is 2.73. The van der Waals surface area contributed by atoms with E-state index in [9.17, 15) is 4.79 Å². The van der Waals surface area contributed by atoms with Gasteiger partial charge >= 0.3 is 0 Å². The van der Waals surface area contributed by atoms with Crippen LogP contribution in [0.25, 0.3) is 0 Å². The molecule has 0 bridgehead atoms. The monoisotopic (exact) mass is 221 g/mol. The average Bonchev–Trinajstić information content (AvgIpc) is 2.35. The van der Waals surface area contributed by atoms with Crippen molar-refractivity contribution in [1.82, 2.24) is 10.3 Å². The maximum atomic E-state index is 11.7. The SMILES string of the molecule is CCC(C)C(N)C(=O)NCc1ccccn1. The Labute approximate surface area is 96.3 Å². The van der Waals surface area contributed by atoms with Crippen LogP contribution in [0.5, 0.6) is 0 Å². The van der Waals surface area contributed by atoms with Gasteiger partial charge in [-0.25, -0.2) is 0 Å². The highest BCUT2D eigenvalue weighted by Crippen LogP contribution is 2.05. The standard InChI is InChI=1S/C12H19N3O/c1-3-9(2)11(13)12(16)15-8-10-6-4-5-7-14-10/h4-7,9,11H,3,8,13H2,1-2H3,(H,15,16). The fraction of sp³-hybridized carbons (Fsp3) is 0.500. The third-order valence-electron chi connectivity index (χ3n) is 2.73. The first-order chi connectivity index (χ1) is 7.65. The number of hydrogen-bond donors (Lipinski definition) is 2. The smallest absolute Gasteiger partial charge is 0.237 e. The molecule has 0 radical (unpaired) electrons. The fourth-order valence-corrected chi connectivity index (χ4v) is 1.31. The summed E-state index contributed by atoms with van der Waals surface area (Å²) in [5.41, 5.74) is 6.64. The molecule has 1 amide bonds. The van der Waals surface area contributed by atoms with Crippen molar-refractivity contribution >= 4 is 5.91 Å². The van der Waals surface area contributed by atoms with E-state index in [1.54, 1.807) is 6.20 Å². The van der Waals surface area contributed by atoms with Gasteiger partial charge in [-0.1, -0.05) is 26.3 Å². The van der Waals surface area contributed by atoms with Crippen molar-refractivity contribution < 1.29 is 4.79 Å². The summed E-state index contributed by atoms with van der Waals surface area (Å²) in [7, 11) is 0. The number of nitrogens with zero attached hydrogens (tertiary/aromatic N) is 1. The summed E-state index contributed by atoms with van der Waals surface area (Å²) in [5, 5.41) is 2.79. The van der Waals surface area contributed by atoms with E-state index in [4.69, 9.17) is 5.73 Å². The Morgan fingerprint density at radius 1 is 1.56 bits per heavy atom. The molecular weight excluding hydrogens is 202 g/mol. The van der Waals surface area contributed by atoms with Crippen LogP contribution in [0.3, 0.4) is 0 Å². The minimum atomic E-state index is -0.436. The molecule has 4 nitrogen and oxygen atoms in total. The first kappa shape index (κ1) is 12.6. The Hall–Kier alpha value is -1.42. The van der Waals surface area contributed by atoms with Crippen LogP contribution in [0.4, 0.5) is 0 Å². The Balaban J connectivity index is 2.41. The van der Waals surface area contributed by atoms with Gasteiger partial charge in [0.25, 0.3) is 0 Å². The summed E-state index contributed by atoms with van der Waals surface area (Å²) in [6.07, 6.45) is 2.61. The lowest BCUT2D eigenvalue weighted by Gasteiger charge is -2.17. The number of hydrogen-bond acceptors (Lipinski definition) is 3. The van der Waals surface area contributed by atoms with Crippen LogP contribution in [-0.4, -0.2) is 16.9 Å². The molecule has 1 heterocycles. The second-order valence-corrected chi connectivity index (χ2v) is 3.95. The summed E-state index contributed by atoms with van der Waals surface area (Å²) in [6, 6.07) is 5.17. The second-order valence-electron chi connectivity index (χ2n) is 3.95. The Bertz CT molecular complexity index is 326. The zero-order chi connectivity index (χ0) is 12.0. The first-order valence-electron chi connectivity index (χ1n) is 5.58. The lowest BCUT2D eigenvalue weighted by molar-refractivity contribution is -0.123. The van der Waals surface area contributed by atoms with Gasteiger partial charge in [-0.3, -0.25) is 9.78 Å². The molecule has 0 aliphatic carbocycles. The molecule has 1 aromatic rings. The molecule has 16 heavy (non-hydrogen) atoms. The van der Waals surface area contributed by atoms with Gasteiger partial charge in [0.15, 0.2) is 0 Å². The average molecular weight is 221 g/mol. The zero-order valence-corrected chi connectivity index (χ0v) is 9.81. The highest BCUT2D eigenvalue weighted by molar-refractivity contribution is 5.81. The molecule has 0 saturated carbocycles. The van der Waals surface area contributed by atoms with Crippen LogP contribution < -0.4 is 11.1 Å². The lowest BCUT2D eigenvalue weighted by Crippen LogP contribution is -2.44. The van der Waals surface area contributed by atoms with Crippen LogP contribution in [0.1, 0.15) is 26.0 Å². The van der Waals surface area contributed by atoms with E-state index < -0.39 is 6.04 Å². The number of amides is 1. The van der Waals surface area contributed by atoms with Crippen LogP contribution in [0, 0.1) is 5.92 Å². The second kappa shape index (κ2) is 6.23. The van der Waals surface area contributed by atoms with Crippen LogP contribution in [-0.2, 0) is 11.3 Å². The van der Waals surface area contributed by atoms with Gasteiger partial charge in [-0.05, 0) is 18.1 Å². The number of pyridine rings is 1. The van der Waals surface area contributed by atoms with E-state index in [0.717, 1.165) is 12.1 Å². The van der Waals surface area contributed by atoms with E-state index in [2.05, 4.69) is 10.3 Å². The topological polar surface area (TPSA) is 68.0 Å². The largest absolute Gasteiger partial charge is 0.349 e. The number of aromatic nitrogens is 1. The van der Waals surface area contributed by atoms with Crippen molar-refractivity contribution in [1.29, 1.82) is 0 Å². The molecule has 0 aliphatic heterocycles. The van der Waals surface area contributed by atoms with Crippen molar-refractivity contribution in [2.75, 3.05) is 0 Å². The molecule has 88 valence electrons.